The van der Waals surface area contributed by atoms with Gasteiger partial charge in [0.2, 0.25) is 5.82 Å². The molecule has 5 nitrogen and oxygen atoms in total. The smallest absolute Gasteiger partial charge is 0.327 e. The van der Waals surface area contributed by atoms with Crippen LogP contribution in [-0.2, 0) is 6.54 Å². The van der Waals surface area contributed by atoms with E-state index in [0.29, 0.717) is 6.07 Å². The molecule has 0 saturated carbocycles. The fourth-order valence-electron chi connectivity index (χ4n) is 1.69. The van der Waals surface area contributed by atoms with Crippen molar-refractivity contribution in [1.29, 1.82) is 0 Å². The molecule has 0 saturated heterocycles. The van der Waals surface area contributed by atoms with Gasteiger partial charge < -0.3 is 5.32 Å². The highest BCUT2D eigenvalue weighted by molar-refractivity contribution is 5.62. The van der Waals surface area contributed by atoms with Crippen LogP contribution < -0.4 is 5.32 Å². The number of benzene rings is 1. The van der Waals surface area contributed by atoms with Gasteiger partial charge in [0.05, 0.1) is 4.92 Å². The molecule has 1 aromatic carbocycles. The molecular weight excluding hydrogens is 268 g/mol. The van der Waals surface area contributed by atoms with E-state index in [1.54, 1.807) is 18.3 Å². The molecule has 1 N–H and O–H groups in total. The number of hydrogen-bond acceptors (Lipinski definition) is 4. The van der Waals surface area contributed by atoms with Crippen molar-refractivity contribution in [3.63, 3.8) is 0 Å². The second-order valence-corrected chi connectivity index (χ2v) is 4.20. The van der Waals surface area contributed by atoms with Gasteiger partial charge in [-0.05, 0) is 18.6 Å². The second-order valence-electron chi connectivity index (χ2n) is 4.20. The van der Waals surface area contributed by atoms with E-state index in [-0.39, 0.29) is 12.2 Å². The maximum Gasteiger partial charge on any atom is 0.327 e. The number of anilines is 1. The normalized spacial score (nSPS) is 10.3. The summed E-state index contributed by atoms with van der Waals surface area (Å²) >= 11 is 0. The highest BCUT2D eigenvalue weighted by Crippen LogP contribution is 2.29. The predicted molar refractivity (Wildman–Crippen MR) is 69.3 cm³/mol. The van der Waals surface area contributed by atoms with Crippen molar-refractivity contribution in [3.05, 3.63) is 63.5 Å². The third-order valence-corrected chi connectivity index (χ3v) is 2.67. The molecule has 7 heteroatoms. The molecular formula is C13H11F2N3O2. The Bertz CT molecular complexity index is 645. The molecule has 0 atom stereocenters. The van der Waals surface area contributed by atoms with Gasteiger partial charge in [0.15, 0.2) is 0 Å². The van der Waals surface area contributed by atoms with Gasteiger partial charge in [-0.15, -0.1) is 0 Å². The van der Waals surface area contributed by atoms with Gasteiger partial charge >= 0.3 is 5.69 Å². The Kier molecular flexibility index (Phi) is 3.88. The maximum atomic E-state index is 13.4. The lowest BCUT2D eigenvalue weighted by Gasteiger charge is -2.08. The molecule has 20 heavy (non-hydrogen) atoms. The number of pyridine rings is 1. The Balaban J connectivity index is 2.24. The van der Waals surface area contributed by atoms with Crippen LogP contribution in [0.5, 0.6) is 0 Å². The lowest BCUT2D eigenvalue weighted by Crippen LogP contribution is -2.05. The zero-order chi connectivity index (χ0) is 14.7. The lowest BCUT2D eigenvalue weighted by atomic mass is 10.2. The van der Waals surface area contributed by atoms with Gasteiger partial charge in [0.1, 0.15) is 11.5 Å². The predicted octanol–water partition coefficient (Wildman–Crippen LogP) is 3.19. The van der Waals surface area contributed by atoms with Crippen molar-refractivity contribution in [2.45, 2.75) is 13.5 Å². The second kappa shape index (κ2) is 5.60. The summed E-state index contributed by atoms with van der Waals surface area (Å²) in [5, 5.41) is 13.5. The molecule has 0 aliphatic heterocycles. The van der Waals surface area contributed by atoms with E-state index in [2.05, 4.69) is 10.3 Å². The molecule has 1 aromatic heterocycles. The van der Waals surface area contributed by atoms with E-state index in [1.807, 2.05) is 6.92 Å². The minimum absolute atomic E-state index is 0.178. The van der Waals surface area contributed by atoms with Gasteiger partial charge in [0, 0.05) is 30.6 Å². The van der Waals surface area contributed by atoms with E-state index in [9.17, 15) is 18.9 Å². The third-order valence-electron chi connectivity index (χ3n) is 2.67. The van der Waals surface area contributed by atoms with E-state index < -0.39 is 22.2 Å². The highest BCUT2D eigenvalue weighted by atomic mass is 19.1. The zero-order valence-electron chi connectivity index (χ0n) is 10.6. The number of nitro groups is 1. The number of nitrogens with zero attached hydrogens (tertiary/aromatic N) is 2. The molecule has 0 aliphatic carbocycles. The molecule has 1 heterocycles. The van der Waals surface area contributed by atoms with Crippen LogP contribution in [0.1, 0.15) is 11.3 Å². The van der Waals surface area contributed by atoms with Gasteiger partial charge in [-0.1, -0.05) is 6.07 Å². The number of rotatable bonds is 4. The van der Waals surface area contributed by atoms with Gasteiger partial charge in [-0.25, -0.2) is 4.39 Å². The summed E-state index contributed by atoms with van der Waals surface area (Å²) in [6.45, 7) is 2.00. The van der Waals surface area contributed by atoms with E-state index in [0.717, 1.165) is 17.3 Å². The van der Waals surface area contributed by atoms with E-state index in [1.165, 1.54) is 0 Å². The van der Waals surface area contributed by atoms with E-state index >= 15 is 0 Å². The van der Waals surface area contributed by atoms with Gasteiger partial charge in [0.25, 0.3) is 0 Å². The minimum atomic E-state index is -1.21. The molecule has 0 radical (unpaired) electrons. The van der Waals surface area contributed by atoms with Crippen molar-refractivity contribution in [3.8, 4) is 0 Å². The third kappa shape index (κ3) is 3.05. The number of halogens is 2. The summed E-state index contributed by atoms with van der Waals surface area (Å²) in [6, 6.07) is 4.92. The standard InChI is InChI=1S/C13H11F2N3O2/c1-8-2-3-9(6-16-8)7-17-12-5-10(14)4-11(15)13(12)18(19)20/h2-6,17H,7H2,1H3. The number of nitrogens with one attached hydrogen (secondary N) is 1. The van der Waals surface area contributed by atoms with Crippen LogP contribution in [0.25, 0.3) is 0 Å². The molecule has 0 aliphatic rings. The van der Waals surface area contributed by atoms with Crippen molar-refractivity contribution >= 4 is 11.4 Å². The van der Waals surface area contributed by atoms with Crippen LogP contribution in [0.15, 0.2) is 30.5 Å². The molecule has 2 rings (SSSR count). The molecule has 2 aromatic rings. The lowest BCUT2D eigenvalue weighted by molar-refractivity contribution is -0.386. The Labute approximate surface area is 113 Å². The summed E-state index contributed by atoms with van der Waals surface area (Å²) in [5.74, 6) is -2.09. The first-order chi connectivity index (χ1) is 9.47. The van der Waals surface area contributed by atoms with Crippen molar-refractivity contribution in [2.24, 2.45) is 0 Å². The van der Waals surface area contributed by atoms with Crippen LogP contribution in [0.3, 0.4) is 0 Å². The minimum Gasteiger partial charge on any atom is -0.375 e. The Hall–Kier alpha value is -2.57. The zero-order valence-corrected chi connectivity index (χ0v) is 10.6. The van der Waals surface area contributed by atoms with Crippen molar-refractivity contribution < 1.29 is 13.7 Å². The molecule has 104 valence electrons. The van der Waals surface area contributed by atoms with Crippen molar-refractivity contribution in [2.75, 3.05) is 5.32 Å². The summed E-state index contributed by atoms with van der Waals surface area (Å²) in [4.78, 5) is 14.0. The maximum absolute atomic E-state index is 13.4. The monoisotopic (exact) mass is 279 g/mol. The quantitative estimate of drug-likeness (QED) is 0.689. The highest BCUT2D eigenvalue weighted by Gasteiger charge is 2.21. The van der Waals surface area contributed by atoms with Crippen LogP contribution in [0.2, 0.25) is 0 Å². The molecule has 0 amide bonds. The molecule has 0 unspecified atom stereocenters. The Morgan fingerprint density at radius 2 is 2.10 bits per heavy atom. The Morgan fingerprint density at radius 1 is 1.35 bits per heavy atom. The summed E-state index contributed by atoms with van der Waals surface area (Å²) in [5.41, 5.74) is 0.602. The first-order valence-electron chi connectivity index (χ1n) is 5.76. The molecule has 0 bridgehead atoms. The molecule has 0 fully saturated rings. The fraction of sp³-hybridized carbons (Fsp3) is 0.154. The summed E-state index contributed by atoms with van der Waals surface area (Å²) in [7, 11) is 0. The van der Waals surface area contributed by atoms with Crippen LogP contribution >= 0.6 is 0 Å². The number of hydrogen-bond donors (Lipinski definition) is 1. The average molecular weight is 279 g/mol. The first kappa shape index (κ1) is 13.9. The van der Waals surface area contributed by atoms with Crippen LogP contribution in [0.4, 0.5) is 20.2 Å². The SMILES string of the molecule is Cc1ccc(CNc2cc(F)cc(F)c2[N+](=O)[O-])cn1. The summed E-state index contributed by atoms with van der Waals surface area (Å²) in [6.07, 6.45) is 1.59. The summed E-state index contributed by atoms with van der Waals surface area (Å²) < 4.78 is 26.5. The first-order valence-corrected chi connectivity index (χ1v) is 5.76. The average Bonchev–Trinajstić information content (AvgIpc) is 2.36. The van der Waals surface area contributed by atoms with Crippen molar-refractivity contribution in [1.82, 2.24) is 4.98 Å². The van der Waals surface area contributed by atoms with Crippen LogP contribution in [0, 0.1) is 28.7 Å². The Morgan fingerprint density at radius 3 is 2.70 bits per heavy atom. The fourth-order valence-corrected chi connectivity index (χ4v) is 1.69. The van der Waals surface area contributed by atoms with E-state index in [4.69, 9.17) is 0 Å². The topological polar surface area (TPSA) is 68.1 Å². The number of nitro benzene ring substituents is 1. The largest absolute Gasteiger partial charge is 0.375 e. The number of aromatic nitrogens is 1. The number of aryl methyl sites for hydroxylation is 1. The van der Waals surface area contributed by atoms with Gasteiger partial charge in [-0.2, -0.15) is 4.39 Å². The van der Waals surface area contributed by atoms with Gasteiger partial charge in [-0.3, -0.25) is 15.1 Å². The van der Waals surface area contributed by atoms with Crippen LogP contribution in [-0.4, -0.2) is 9.91 Å². The molecule has 0 spiro atoms.